The number of sulfonamides is 1. The highest BCUT2D eigenvalue weighted by molar-refractivity contribution is 7.92. The van der Waals surface area contributed by atoms with Crippen LogP contribution >= 0.6 is 11.6 Å². The molecule has 7 nitrogen and oxygen atoms in total. The van der Waals surface area contributed by atoms with E-state index < -0.39 is 16.1 Å². The van der Waals surface area contributed by atoms with E-state index in [0.717, 1.165) is 34.9 Å². The number of carbonyl (C=O) groups is 2. The second kappa shape index (κ2) is 15.2. The summed E-state index contributed by atoms with van der Waals surface area (Å²) >= 11 is 6.18. The molecule has 42 heavy (non-hydrogen) atoms. The standard InChI is InChI=1S/C33H42ClN3O4S/c1-6-26(4)35-33(39)31(21-27-13-8-7-9-14-27)36(23-28-15-10-12-24(2)20-28)32(38)16-11-19-37(42(5,40)41)30-22-29(34)18-17-25(30)3/h7-10,12-15,17-18,20,22,26,31H,6,11,16,19,21,23H2,1-5H3,(H,35,39)/t26-,31+/m0/s1. The van der Waals surface area contributed by atoms with Gasteiger partial charge in [0.1, 0.15) is 6.04 Å². The fourth-order valence-corrected chi connectivity index (χ4v) is 6.02. The zero-order valence-electron chi connectivity index (χ0n) is 25.1. The molecule has 226 valence electrons. The van der Waals surface area contributed by atoms with E-state index in [-0.39, 0.29) is 43.8 Å². The van der Waals surface area contributed by atoms with E-state index in [9.17, 15) is 18.0 Å². The molecular weight excluding hydrogens is 570 g/mol. The number of halogens is 1. The van der Waals surface area contributed by atoms with Gasteiger partial charge in [-0.3, -0.25) is 13.9 Å². The predicted octanol–water partition coefficient (Wildman–Crippen LogP) is 6.06. The smallest absolute Gasteiger partial charge is 0.243 e. The van der Waals surface area contributed by atoms with Crippen molar-refractivity contribution in [2.24, 2.45) is 0 Å². The molecule has 0 unspecified atom stereocenters. The Morgan fingerprint density at radius 1 is 0.952 bits per heavy atom. The van der Waals surface area contributed by atoms with Crippen LogP contribution in [0, 0.1) is 13.8 Å². The van der Waals surface area contributed by atoms with Crippen LogP contribution in [0.2, 0.25) is 5.02 Å². The maximum absolute atomic E-state index is 14.0. The second-order valence-electron chi connectivity index (χ2n) is 10.9. The van der Waals surface area contributed by atoms with Crippen LogP contribution in [0.4, 0.5) is 5.69 Å². The van der Waals surface area contributed by atoms with Gasteiger partial charge in [0.05, 0.1) is 11.9 Å². The van der Waals surface area contributed by atoms with Crippen molar-refractivity contribution in [2.45, 2.75) is 72.0 Å². The summed E-state index contributed by atoms with van der Waals surface area (Å²) in [5.74, 6) is -0.422. The summed E-state index contributed by atoms with van der Waals surface area (Å²) in [6.45, 7) is 8.12. The molecule has 0 aliphatic carbocycles. The normalized spacial score (nSPS) is 12.8. The lowest BCUT2D eigenvalue weighted by atomic mass is 10.0. The first-order chi connectivity index (χ1) is 19.9. The number of anilines is 1. The summed E-state index contributed by atoms with van der Waals surface area (Å²) in [4.78, 5) is 29.3. The Morgan fingerprint density at radius 2 is 1.64 bits per heavy atom. The molecule has 1 N–H and O–H groups in total. The fourth-order valence-electron chi connectivity index (χ4n) is 4.84. The van der Waals surface area contributed by atoms with E-state index in [0.29, 0.717) is 17.1 Å². The van der Waals surface area contributed by atoms with Gasteiger partial charge in [-0.15, -0.1) is 0 Å². The minimum atomic E-state index is -3.63. The number of benzene rings is 3. The highest BCUT2D eigenvalue weighted by Gasteiger charge is 2.31. The van der Waals surface area contributed by atoms with Gasteiger partial charge in [-0.25, -0.2) is 8.42 Å². The number of rotatable bonds is 14. The minimum Gasteiger partial charge on any atom is -0.352 e. The van der Waals surface area contributed by atoms with Gasteiger partial charge in [0.15, 0.2) is 0 Å². The maximum Gasteiger partial charge on any atom is 0.243 e. The van der Waals surface area contributed by atoms with Gasteiger partial charge in [0, 0.05) is 37.0 Å². The van der Waals surface area contributed by atoms with Gasteiger partial charge in [0.2, 0.25) is 21.8 Å². The molecule has 0 spiro atoms. The number of carbonyl (C=O) groups excluding carboxylic acids is 2. The number of amides is 2. The van der Waals surface area contributed by atoms with Crippen molar-refractivity contribution in [2.75, 3.05) is 17.1 Å². The summed E-state index contributed by atoms with van der Waals surface area (Å²) in [6.07, 6.45) is 2.61. The van der Waals surface area contributed by atoms with Gasteiger partial charge < -0.3 is 10.2 Å². The largest absolute Gasteiger partial charge is 0.352 e. The molecule has 2 amide bonds. The van der Waals surface area contributed by atoms with Crippen molar-refractivity contribution < 1.29 is 18.0 Å². The SMILES string of the molecule is CC[C@H](C)NC(=O)[C@@H](Cc1ccccc1)N(Cc1cccc(C)c1)C(=O)CCCN(c1cc(Cl)ccc1C)S(C)(=O)=O. The van der Waals surface area contributed by atoms with Crippen LogP contribution in [0.3, 0.4) is 0 Å². The quantitative estimate of drug-likeness (QED) is 0.240. The third-order valence-electron chi connectivity index (χ3n) is 7.30. The summed E-state index contributed by atoms with van der Waals surface area (Å²) in [5.41, 5.74) is 4.18. The predicted molar refractivity (Wildman–Crippen MR) is 171 cm³/mol. The number of aryl methyl sites for hydroxylation is 2. The van der Waals surface area contributed by atoms with Crippen LogP contribution in [0.5, 0.6) is 0 Å². The lowest BCUT2D eigenvalue weighted by molar-refractivity contribution is -0.141. The molecule has 0 fully saturated rings. The van der Waals surface area contributed by atoms with Crippen LogP contribution in [0.15, 0.2) is 72.8 Å². The summed E-state index contributed by atoms with van der Waals surface area (Å²) < 4.78 is 26.8. The monoisotopic (exact) mass is 611 g/mol. The molecule has 3 rings (SSSR count). The van der Waals surface area contributed by atoms with Crippen LogP contribution in [-0.4, -0.2) is 50.0 Å². The van der Waals surface area contributed by atoms with E-state index in [1.54, 1.807) is 23.1 Å². The molecule has 0 saturated heterocycles. The van der Waals surface area contributed by atoms with Crippen molar-refractivity contribution in [3.63, 3.8) is 0 Å². The Hall–Kier alpha value is -3.36. The van der Waals surface area contributed by atoms with E-state index in [1.807, 2.05) is 82.3 Å². The Morgan fingerprint density at radius 3 is 2.29 bits per heavy atom. The van der Waals surface area contributed by atoms with E-state index in [2.05, 4.69) is 5.32 Å². The molecule has 3 aromatic rings. The molecule has 0 heterocycles. The molecule has 0 saturated carbocycles. The molecule has 2 atom stereocenters. The number of nitrogens with zero attached hydrogens (tertiary/aromatic N) is 2. The zero-order valence-corrected chi connectivity index (χ0v) is 26.7. The number of nitrogens with one attached hydrogen (secondary N) is 1. The number of hydrogen-bond donors (Lipinski definition) is 1. The maximum atomic E-state index is 14.0. The topological polar surface area (TPSA) is 86.8 Å². The molecule has 0 bridgehead atoms. The molecule has 0 aliphatic heterocycles. The van der Waals surface area contributed by atoms with Gasteiger partial charge in [-0.1, -0.05) is 84.8 Å². The molecule has 0 aromatic heterocycles. The first-order valence-corrected chi connectivity index (χ1v) is 16.5. The van der Waals surface area contributed by atoms with Crippen LogP contribution in [-0.2, 0) is 32.6 Å². The third kappa shape index (κ3) is 9.60. The Balaban J connectivity index is 1.91. The summed E-state index contributed by atoms with van der Waals surface area (Å²) in [5, 5.41) is 3.51. The Kier molecular flexibility index (Phi) is 12.0. The zero-order chi connectivity index (χ0) is 30.9. The lowest BCUT2D eigenvalue weighted by Gasteiger charge is -2.33. The lowest BCUT2D eigenvalue weighted by Crippen LogP contribution is -2.52. The Bertz CT molecular complexity index is 1460. The highest BCUT2D eigenvalue weighted by atomic mass is 35.5. The summed E-state index contributed by atoms with van der Waals surface area (Å²) in [6, 6.07) is 21.9. The van der Waals surface area contributed by atoms with Crippen molar-refractivity contribution in [3.05, 3.63) is 100 Å². The number of hydrogen-bond acceptors (Lipinski definition) is 4. The first kappa shape index (κ1) is 33.1. The molecule has 0 radical (unpaired) electrons. The van der Waals surface area contributed by atoms with Crippen molar-refractivity contribution in [3.8, 4) is 0 Å². The fraction of sp³-hybridized carbons (Fsp3) is 0.394. The van der Waals surface area contributed by atoms with E-state index >= 15 is 0 Å². The van der Waals surface area contributed by atoms with Crippen molar-refractivity contribution >= 4 is 39.1 Å². The van der Waals surface area contributed by atoms with E-state index in [1.165, 1.54) is 4.31 Å². The average molecular weight is 612 g/mol. The molecule has 3 aromatic carbocycles. The molecular formula is C33H42ClN3O4S. The molecule has 0 aliphatic rings. The van der Waals surface area contributed by atoms with Crippen LogP contribution in [0.1, 0.15) is 55.4 Å². The minimum absolute atomic E-state index is 0.0454. The summed E-state index contributed by atoms with van der Waals surface area (Å²) in [7, 11) is -3.63. The average Bonchev–Trinajstić information content (AvgIpc) is 2.94. The Labute approximate surface area is 255 Å². The third-order valence-corrected chi connectivity index (χ3v) is 8.71. The highest BCUT2D eigenvalue weighted by Crippen LogP contribution is 2.27. The van der Waals surface area contributed by atoms with Gasteiger partial charge in [-0.2, -0.15) is 0 Å². The van der Waals surface area contributed by atoms with Gasteiger partial charge >= 0.3 is 0 Å². The first-order valence-electron chi connectivity index (χ1n) is 14.3. The van der Waals surface area contributed by atoms with Crippen LogP contribution < -0.4 is 9.62 Å². The van der Waals surface area contributed by atoms with Crippen molar-refractivity contribution in [1.82, 2.24) is 10.2 Å². The second-order valence-corrected chi connectivity index (χ2v) is 13.2. The molecule has 9 heteroatoms. The van der Waals surface area contributed by atoms with Gasteiger partial charge in [-0.05, 0) is 62.4 Å². The van der Waals surface area contributed by atoms with E-state index in [4.69, 9.17) is 11.6 Å². The van der Waals surface area contributed by atoms with Gasteiger partial charge in [0.25, 0.3) is 0 Å². The van der Waals surface area contributed by atoms with Crippen molar-refractivity contribution in [1.29, 1.82) is 0 Å². The van der Waals surface area contributed by atoms with Crippen LogP contribution in [0.25, 0.3) is 0 Å².